The van der Waals surface area contributed by atoms with Gasteiger partial charge in [-0.15, -0.1) is 0 Å². The Morgan fingerprint density at radius 1 is 1.03 bits per heavy atom. The number of barbiturate groups is 1. The van der Waals surface area contributed by atoms with Gasteiger partial charge in [-0.25, -0.2) is 18.5 Å². The Morgan fingerprint density at radius 2 is 1.80 bits per heavy atom. The van der Waals surface area contributed by atoms with Crippen LogP contribution in [0, 0.1) is 15.2 Å². The summed E-state index contributed by atoms with van der Waals surface area (Å²) in [5, 5.41) is 2.09. The third kappa shape index (κ3) is 5.16. The molecule has 10 heteroatoms. The van der Waals surface area contributed by atoms with Gasteiger partial charge in [0, 0.05) is 5.56 Å². The summed E-state index contributed by atoms with van der Waals surface area (Å²) in [4.78, 5) is 38.4. The summed E-state index contributed by atoms with van der Waals surface area (Å²) >= 11 is 1.99. The number of nitrogens with zero attached hydrogens (tertiary/aromatic N) is 1. The van der Waals surface area contributed by atoms with E-state index in [9.17, 15) is 23.2 Å². The lowest BCUT2D eigenvalue weighted by atomic mass is 10.1. The summed E-state index contributed by atoms with van der Waals surface area (Å²) in [5.74, 6) is -2.19. The summed E-state index contributed by atoms with van der Waals surface area (Å²) in [5.41, 5.74) is 0.432. The first-order chi connectivity index (χ1) is 16.8. The van der Waals surface area contributed by atoms with Gasteiger partial charge in [0.2, 0.25) is 0 Å². The highest BCUT2D eigenvalue weighted by molar-refractivity contribution is 14.1. The van der Waals surface area contributed by atoms with Gasteiger partial charge in [-0.2, -0.15) is 0 Å². The summed E-state index contributed by atoms with van der Waals surface area (Å²) in [6.07, 6.45) is 1.29. The van der Waals surface area contributed by atoms with Gasteiger partial charge in [0.05, 0.1) is 16.4 Å². The van der Waals surface area contributed by atoms with Gasteiger partial charge < -0.3 is 9.47 Å². The van der Waals surface area contributed by atoms with Crippen molar-refractivity contribution in [2.24, 2.45) is 0 Å². The van der Waals surface area contributed by atoms with Crippen LogP contribution in [0.25, 0.3) is 6.08 Å². The number of anilines is 1. The third-order valence-corrected chi connectivity index (χ3v) is 5.86. The van der Waals surface area contributed by atoms with Crippen molar-refractivity contribution >= 4 is 52.2 Å². The van der Waals surface area contributed by atoms with Crippen molar-refractivity contribution in [3.63, 3.8) is 0 Å². The average molecular weight is 590 g/mol. The van der Waals surface area contributed by atoms with Gasteiger partial charge >= 0.3 is 6.03 Å². The second-order valence-electron chi connectivity index (χ2n) is 7.35. The molecule has 4 rings (SSSR count). The first kappa shape index (κ1) is 24.3. The van der Waals surface area contributed by atoms with Crippen LogP contribution in [-0.4, -0.2) is 25.0 Å². The average Bonchev–Trinajstić information content (AvgIpc) is 2.81. The van der Waals surface area contributed by atoms with E-state index in [0.717, 1.165) is 6.07 Å². The normalized spacial score (nSPS) is 14.8. The maximum absolute atomic E-state index is 13.9. The minimum atomic E-state index is -0.980. The van der Waals surface area contributed by atoms with Crippen molar-refractivity contribution in [2.45, 2.75) is 6.61 Å². The van der Waals surface area contributed by atoms with Crippen LogP contribution in [0.2, 0.25) is 0 Å². The number of ether oxygens (including phenoxy) is 2. The molecule has 0 aliphatic carbocycles. The number of urea groups is 1. The highest BCUT2D eigenvalue weighted by Gasteiger charge is 2.37. The van der Waals surface area contributed by atoms with Gasteiger partial charge in [0.15, 0.2) is 11.5 Å². The fourth-order valence-electron chi connectivity index (χ4n) is 3.40. The van der Waals surface area contributed by atoms with Crippen molar-refractivity contribution in [1.29, 1.82) is 0 Å². The van der Waals surface area contributed by atoms with Gasteiger partial charge in [-0.3, -0.25) is 14.9 Å². The van der Waals surface area contributed by atoms with Crippen LogP contribution in [0.4, 0.5) is 19.3 Å². The van der Waals surface area contributed by atoms with E-state index in [1.807, 2.05) is 22.6 Å². The Kier molecular flexibility index (Phi) is 7.10. The number of hydrogen-bond acceptors (Lipinski definition) is 5. The summed E-state index contributed by atoms with van der Waals surface area (Å²) in [6.45, 7) is -0.0366. The number of amides is 4. The molecule has 0 saturated carbocycles. The third-order valence-electron chi connectivity index (χ3n) is 5.06. The van der Waals surface area contributed by atoms with Crippen LogP contribution in [0.1, 0.15) is 11.1 Å². The second-order valence-corrected chi connectivity index (χ2v) is 8.51. The summed E-state index contributed by atoms with van der Waals surface area (Å²) in [7, 11) is 1.42. The molecule has 4 amide bonds. The predicted molar refractivity (Wildman–Crippen MR) is 132 cm³/mol. The number of halogens is 3. The molecule has 0 aromatic heterocycles. The zero-order valence-electron chi connectivity index (χ0n) is 18.2. The molecule has 3 aromatic carbocycles. The lowest BCUT2D eigenvalue weighted by Crippen LogP contribution is -2.54. The number of hydrogen-bond donors (Lipinski definition) is 1. The van der Waals surface area contributed by atoms with Gasteiger partial charge in [0.1, 0.15) is 23.8 Å². The summed E-state index contributed by atoms with van der Waals surface area (Å²) < 4.78 is 39.4. The van der Waals surface area contributed by atoms with Crippen molar-refractivity contribution in [3.8, 4) is 11.5 Å². The van der Waals surface area contributed by atoms with Crippen LogP contribution in [-0.2, 0) is 16.2 Å². The molecule has 1 fully saturated rings. The van der Waals surface area contributed by atoms with E-state index in [1.165, 1.54) is 43.5 Å². The van der Waals surface area contributed by atoms with Crippen LogP contribution in [0.3, 0.4) is 0 Å². The lowest BCUT2D eigenvalue weighted by Gasteiger charge is -2.26. The molecule has 35 heavy (non-hydrogen) atoms. The van der Waals surface area contributed by atoms with Crippen molar-refractivity contribution in [1.82, 2.24) is 5.32 Å². The Balaban J connectivity index is 1.65. The molecule has 0 spiro atoms. The zero-order valence-corrected chi connectivity index (χ0v) is 20.3. The van der Waals surface area contributed by atoms with E-state index in [2.05, 4.69) is 5.32 Å². The number of methoxy groups -OCH3 is 1. The standard InChI is InChI=1S/C25H17F2IN2O5/c1-34-21-11-14(10-20(28)22(21)35-13-15-5-2-3-8-19(15)27)9-18-23(31)29-25(33)30(24(18)32)17-7-4-6-16(26)12-17/h2-12H,13H2,1H3,(H,29,31,33)/b18-9+. The molecular formula is C25H17F2IN2O5. The van der Waals surface area contributed by atoms with Gasteiger partial charge in [-0.1, -0.05) is 24.3 Å². The van der Waals surface area contributed by atoms with Gasteiger partial charge in [-0.05, 0) is 70.6 Å². The topological polar surface area (TPSA) is 84.9 Å². The molecule has 178 valence electrons. The summed E-state index contributed by atoms with van der Waals surface area (Å²) in [6, 6.07) is 13.3. The lowest BCUT2D eigenvalue weighted by molar-refractivity contribution is -0.122. The van der Waals surface area contributed by atoms with Crippen LogP contribution in [0.15, 0.2) is 66.2 Å². The molecule has 1 heterocycles. The second kappa shape index (κ2) is 10.2. The zero-order chi connectivity index (χ0) is 25.1. The quantitative estimate of drug-likeness (QED) is 0.253. The highest BCUT2D eigenvalue weighted by Crippen LogP contribution is 2.35. The first-order valence-corrected chi connectivity index (χ1v) is 11.3. The number of benzene rings is 3. The molecule has 7 nitrogen and oxygen atoms in total. The number of carbonyl (C=O) groups is 3. The molecule has 0 unspecified atom stereocenters. The van der Waals surface area contributed by atoms with E-state index < -0.39 is 29.5 Å². The van der Waals surface area contributed by atoms with Crippen molar-refractivity contribution in [3.05, 3.63) is 92.6 Å². The fraction of sp³-hybridized carbons (Fsp3) is 0.0800. The Labute approximate surface area is 212 Å². The Hall–Kier alpha value is -3.80. The molecule has 0 atom stereocenters. The van der Waals surface area contributed by atoms with E-state index in [1.54, 1.807) is 24.3 Å². The fourth-order valence-corrected chi connectivity index (χ4v) is 4.18. The number of rotatable bonds is 6. The number of carbonyl (C=O) groups excluding carboxylic acids is 3. The van der Waals surface area contributed by atoms with E-state index in [4.69, 9.17) is 9.47 Å². The molecule has 1 saturated heterocycles. The maximum Gasteiger partial charge on any atom is 0.335 e. The van der Waals surface area contributed by atoms with Crippen molar-refractivity contribution < 1.29 is 32.6 Å². The Bertz CT molecular complexity index is 1380. The molecular weight excluding hydrogens is 573 g/mol. The smallest absolute Gasteiger partial charge is 0.335 e. The molecule has 0 bridgehead atoms. The SMILES string of the molecule is COc1cc(/C=C2\C(=O)NC(=O)N(c3cccc(F)c3)C2=O)cc(I)c1OCc1ccccc1F. The van der Waals surface area contributed by atoms with E-state index >= 15 is 0 Å². The molecule has 1 N–H and O–H groups in total. The molecule has 3 aromatic rings. The monoisotopic (exact) mass is 590 g/mol. The molecule has 1 aliphatic heterocycles. The highest BCUT2D eigenvalue weighted by atomic mass is 127. The minimum absolute atomic E-state index is 0.0186. The maximum atomic E-state index is 13.9. The van der Waals surface area contributed by atoms with E-state index in [-0.39, 0.29) is 17.9 Å². The number of nitrogens with one attached hydrogen (secondary N) is 1. The Morgan fingerprint density at radius 3 is 2.51 bits per heavy atom. The van der Waals surface area contributed by atoms with Crippen molar-refractivity contribution in [2.75, 3.05) is 12.0 Å². The largest absolute Gasteiger partial charge is 0.493 e. The van der Waals surface area contributed by atoms with Gasteiger partial charge in [0.25, 0.3) is 11.8 Å². The first-order valence-electron chi connectivity index (χ1n) is 10.2. The van der Waals surface area contributed by atoms with Crippen LogP contribution in [0.5, 0.6) is 11.5 Å². The van der Waals surface area contributed by atoms with Crippen LogP contribution < -0.4 is 19.7 Å². The molecule has 0 radical (unpaired) electrons. The molecule has 1 aliphatic rings. The van der Waals surface area contributed by atoms with Crippen LogP contribution >= 0.6 is 22.6 Å². The van der Waals surface area contributed by atoms with E-state index in [0.29, 0.717) is 31.1 Å². The number of imide groups is 2. The predicted octanol–water partition coefficient (Wildman–Crippen LogP) is 4.82. The minimum Gasteiger partial charge on any atom is -0.493 e.